The molecule has 0 bridgehead atoms. The van der Waals surface area contributed by atoms with Crippen molar-refractivity contribution in [2.75, 3.05) is 11.9 Å². The lowest BCUT2D eigenvalue weighted by Gasteiger charge is -2.28. The molecule has 0 heterocycles. The van der Waals surface area contributed by atoms with Gasteiger partial charge in [0.15, 0.2) is 0 Å². The molecule has 0 aromatic heterocycles. The van der Waals surface area contributed by atoms with E-state index in [1.165, 1.54) is 18.4 Å². The summed E-state index contributed by atoms with van der Waals surface area (Å²) in [5.74, 6) is 0. The van der Waals surface area contributed by atoms with E-state index in [-0.39, 0.29) is 6.61 Å². The number of benzene rings is 1. The van der Waals surface area contributed by atoms with E-state index in [0.29, 0.717) is 12.1 Å². The molecule has 0 radical (unpaired) electrons. The third kappa shape index (κ3) is 3.72. The van der Waals surface area contributed by atoms with Crippen molar-refractivity contribution in [3.63, 3.8) is 0 Å². The van der Waals surface area contributed by atoms with Gasteiger partial charge in [-0.25, -0.2) is 0 Å². The van der Waals surface area contributed by atoms with Crippen molar-refractivity contribution in [3.8, 4) is 0 Å². The molecule has 17 heavy (non-hydrogen) atoms. The van der Waals surface area contributed by atoms with Gasteiger partial charge < -0.3 is 16.2 Å². The SMILES string of the molecule is NC1CCCC(Nc2ccc(CCO)cc2)C1. The van der Waals surface area contributed by atoms with Crippen LogP contribution in [0.15, 0.2) is 24.3 Å². The van der Waals surface area contributed by atoms with Gasteiger partial charge in [-0.3, -0.25) is 0 Å². The molecule has 4 N–H and O–H groups in total. The maximum absolute atomic E-state index is 8.85. The van der Waals surface area contributed by atoms with Crippen LogP contribution < -0.4 is 11.1 Å². The molecule has 1 aromatic rings. The van der Waals surface area contributed by atoms with Crippen LogP contribution in [-0.4, -0.2) is 23.8 Å². The predicted octanol–water partition coefficient (Wildman–Crippen LogP) is 1.90. The molecule has 1 fully saturated rings. The van der Waals surface area contributed by atoms with Crippen molar-refractivity contribution in [2.24, 2.45) is 5.73 Å². The average Bonchev–Trinajstić information content (AvgIpc) is 2.32. The molecule has 2 rings (SSSR count). The highest BCUT2D eigenvalue weighted by Gasteiger charge is 2.18. The molecule has 0 spiro atoms. The quantitative estimate of drug-likeness (QED) is 0.746. The van der Waals surface area contributed by atoms with Gasteiger partial charge in [0.2, 0.25) is 0 Å². The van der Waals surface area contributed by atoms with Gasteiger partial charge in [0.05, 0.1) is 0 Å². The molecule has 2 unspecified atom stereocenters. The Morgan fingerprint density at radius 3 is 2.65 bits per heavy atom. The van der Waals surface area contributed by atoms with Crippen molar-refractivity contribution >= 4 is 5.69 Å². The van der Waals surface area contributed by atoms with Gasteiger partial charge in [0.25, 0.3) is 0 Å². The minimum atomic E-state index is 0.213. The summed E-state index contributed by atoms with van der Waals surface area (Å²) in [7, 11) is 0. The maximum atomic E-state index is 8.85. The number of hydrogen-bond donors (Lipinski definition) is 3. The lowest BCUT2D eigenvalue weighted by Crippen LogP contribution is -2.34. The number of aliphatic hydroxyl groups excluding tert-OH is 1. The highest BCUT2D eigenvalue weighted by atomic mass is 16.2. The fourth-order valence-corrected chi connectivity index (χ4v) is 2.49. The molecule has 1 saturated carbocycles. The van der Waals surface area contributed by atoms with E-state index in [1.54, 1.807) is 0 Å². The van der Waals surface area contributed by atoms with Gasteiger partial charge in [-0.05, 0) is 49.8 Å². The van der Waals surface area contributed by atoms with Crippen LogP contribution in [0, 0.1) is 0 Å². The summed E-state index contributed by atoms with van der Waals surface area (Å²) in [5, 5.41) is 12.4. The van der Waals surface area contributed by atoms with Crippen molar-refractivity contribution < 1.29 is 5.11 Å². The monoisotopic (exact) mass is 234 g/mol. The number of anilines is 1. The molecule has 3 nitrogen and oxygen atoms in total. The summed E-state index contributed by atoms with van der Waals surface area (Å²) in [6, 6.07) is 9.19. The van der Waals surface area contributed by atoms with E-state index in [0.717, 1.165) is 24.9 Å². The molecular weight excluding hydrogens is 212 g/mol. The molecule has 0 amide bonds. The van der Waals surface area contributed by atoms with E-state index >= 15 is 0 Å². The van der Waals surface area contributed by atoms with E-state index in [4.69, 9.17) is 10.8 Å². The van der Waals surface area contributed by atoms with Gasteiger partial charge in [0, 0.05) is 24.4 Å². The highest BCUT2D eigenvalue weighted by molar-refractivity contribution is 5.45. The zero-order valence-corrected chi connectivity index (χ0v) is 10.2. The topological polar surface area (TPSA) is 58.3 Å². The minimum absolute atomic E-state index is 0.213. The Morgan fingerprint density at radius 1 is 1.24 bits per heavy atom. The van der Waals surface area contributed by atoms with E-state index in [1.807, 2.05) is 0 Å². The Hall–Kier alpha value is -1.06. The van der Waals surface area contributed by atoms with Crippen LogP contribution in [0.3, 0.4) is 0 Å². The number of hydrogen-bond acceptors (Lipinski definition) is 3. The number of nitrogens with two attached hydrogens (primary N) is 1. The third-order valence-electron chi connectivity index (χ3n) is 3.44. The number of nitrogens with one attached hydrogen (secondary N) is 1. The summed E-state index contributed by atoms with van der Waals surface area (Å²) < 4.78 is 0. The van der Waals surface area contributed by atoms with Gasteiger partial charge in [-0.1, -0.05) is 12.1 Å². The standard InChI is InChI=1S/C14H22N2O/c15-12-2-1-3-14(10-12)16-13-6-4-11(5-7-13)8-9-17/h4-7,12,14,16-17H,1-3,8-10,15H2. The van der Waals surface area contributed by atoms with Crippen LogP contribution >= 0.6 is 0 Å². The Balaban J connectivity index is 1.89. The van der Waals surface area contributed by atoms with Crippen LogP contribution in [0.4, 0.5) is 5.69 Å². The van der Waals surface area contributed by atoms with E-state index in [9.17, 15) is 0 Å². The molecule has 94 valence electrons. The Kier molecular flexibility index (Phi) is 4.40. The predicted molar refractivity (Wildman–Crippen MR) is 71.1 cm³/mol. The largest absolute Gasteiger partial charge is 0.396 e. The lowest BCUT2D eigenvalue weighted by molar-refractivity contribution is 0.299. The van der Waals surface area contributed by atoms with Crippen molar-refractivity contribution in [1.82, 2.24) is 0 Å². The van der Waals surface area contributed by atoms with Gasteiger partial charge in [-0.2, -0.15) is 0 Å². The summed E-state index contributed by atoms with van der Waals surface area (Å²) in [4.78, 5) is 0. The second-order valence-corrected chi connectivity index (χ2v) is 4.94. The van der Waals surface area contributed by atoms with Crippen LogP contribution in [-0.2, 0) is 6.42 Å². The molecule has 3 heteroatoms. The van der Waals surface area contributed by atoms with Gasteiger partial charge in [-0.15, -0.1) is 0 Å². The molecule has 1 aliphatic carbocycles. The summed E-state index contributed by atoms with van der Waals surface area (Å²) in [5.41, 5.74) is 8.31. The first-order chi connectivity index (χ1) is 8.28. The highest BCUT2D eigenvalue weighted by Crippen LogP contribution is 2.21. The first kappa shape index (κ1) is 12.4. The third-order valence-corrected chi connectivity index (χ3v) is 3.44. The van der Waals surface area contributed by atoms with Crippen LogP contribution in [0.25, 0.3) is 0 Å². The normalized spacial score (nSPS) is 24.6. The second-order valence-electron chi connectivity index (χ2n) is 4.94. The lowest BCUT2D eigenvalue weighted by atomic mass is 9.91. The molecule has 1 aliphatic rings. The summed E-state index contributed by atoms with van der Waals surface area (Å²) in [6.45, 7) is 0.213. The van der Waals surface area contributed by atoms with Gasteiger partial charge >= 0.3 is 0 Å². The van der Waals surface area contributed by atoms with Gasteiger partial charge in [0.1, 0.15) is 0 Å². The Bertz CT molecular complexity index is 337. The van der Waals surface area contributed by atoms with Crippen molar-refractivity contribution in [1.29, 1.82) is 0 Å². The number of rotatable bonds is 4. The van der Waals surface area contributed by atoms with Crippen LogP contribution in [0.1, 0.15) is 31.2 Å². The molecule has 0 saturated heterocycles. The second kappa shape index (κ2) is 6.03. The first-order valence-corrected chi connectivity index (χ1v) is 6.50. The molecule has 1 aromatic carbocycles. The zero-order chi connectivity index (χ0) is 12.1. The average molecular weight is 234 g/mol. The Morgan fingerprint density at radius 2 is 2.00 bits per heavy atom. The zero-order valence-electron chi connectivity index (χ0n) is 10.2. The fourth-order valence-electron chi connectivity index (χ4n) is 2.49. The summed E-state index contributed by atoms with van der Waals surface area (Å²) in [6.07, 6.45) is 5.40. The molecule has 0 aliphatic heterocycles. The van der Waals surface area contributed by atoms with Crippen molar-refractivity contribution in [3.05, 3.63) is 29.8 Å². The van der Waals surface area contributed by atoms with Crippen LogP contribution in [0.5, 0.6) is 0 Å². The molecular formula is C14H22N2O. The number of aliphatic hydroxyl groups is 1. The Labute approximate surface area is 103 Å². The van der Waals surface area contributed by atoms with E-state index in [2.05, 4.69) is 29.6 Å². The fraction of sp³-hybridized carbons (Fsp3) is 0.571. The van der Waals surface area contributed by atoms with E-state index < -0.39 is 0 Å². The van der Waals surface area contributed by atoms with Crippen LogP contribution in [0.2, 0.25) is 0 Å². The maximum Gasteiger partial charge on any atom is 0.0471 e. The van der Waals surface area contributed by atoms with Crippen molar-refractivity contribution in [2.45, 2.75) is 44.2 Å². The smallest absolute Gasteiger partial charge is 0.0471 e. The first-order valence-electron chi connectivity index (χ1n) is 6.50. The minimum Gasteiger partial charge on any atom is -0.396 e. The summed E-state index contributed by atoms with van der Waals surface area (Å²) >= 11 is 0. The molecule has 2 atom stereocenters.